The van der Waals surface area contributed by atoms with Crippen molar-refractivity contribution in [1.29, 1.82) is 0 Å². The van der Waals surface area contributed by atoms with Gasteiger partial charge in [0, 0.05) is 22.2 Å². The van der Waals surface area contributed by atoms with Gasteiger partial charge in [-0.05, 0) is 49.4 Å². The van der Waals surface area contributed by atoms with E-state index in [9.17, 15) is 4.79 Å². The van der Waals surface area contributed by atoms with Gasteiger partial charge in [-0.15, -0.1) is 0 Å². The summed E-state index contributed by atoms with van der Waals surface area (Å²) in [5, 5.41) is 4.36. The van der Waals surface area contributed by atoms with Gasteiger partial charge in [-0.2, -0.15) is 0 Å². The van der Waals surface area contributed by atoms with Crippen LogP contribution in [-0.4, -0.2) is 18.0 Å². The number of anilines is 1. The lowest BCUT2D eigenvalue weighted by Gasteiger charge is -2.09. The number of methoxy groups -OCH3 is 1. The molecule has 0 aliphatic carbocycles. The van der Waals surface area contributed by atoms with Gasteiger partial charge in [0.05, 0.1) is 23.9 Å². The van der Waals surface area contributed by atoms with Crippen LogP contribution in [0.3, 0.4) is 0 Å². The number of ether oxygens (including phenoxy) is 1. The number of nitrogens with zero attached hydrogens (tertiary/aromatic N) is 1. The molecule has 1 aromatic heterocycles. The van der Waals surface area contributed by atoms with Crippen LogP contribution in [0.15, 0.2) is 48.5 Å². The van der Waals surface area contributed by atoms with Crippen LogP contribution in [0, 0.1) is 6.92 Å². The summed E-state index contributed by atoms with van der Waals surface area (Å²) in [5.74, 6) is 0.540. The van der Waals surface area contributed by atoms with E-state index in [4.69, 9.17) is 16.3 Å². The minimum atomic E-state index is -0.199. The summed E-state index contributed by atoms with van der Waals surface area (Å²) in [5.41, 5.74) is 2.69. The molecule has 5 heteroatoms. The van der Waals surface area contributed by atoms with Crippen molar-refractivity contribution in [1.82, 2.24) is 4.98 Å². The summed E-state index contributed by atoms with van der Waals surface area (Å²) >= 11 is 5.85. The summed E-state index contributed by atoms with van der Waals surface area (Å²) in [6.07, 6.45) is 0. The lowest BCUT2D eigenvalue weighted by atomic mass is 10.1. The standard InChI is InChI=1S/C18H15ClN2O2/c1-11-16(18(22)21-14-6-4-13(19)5-7-14)9-12-3-8-15(23-2)10-17(12)20-11/h3-10H,1-2H3,(H,21,22). The molecule has 3 aromatic rings. The number of hydrogen-bond acceptors (Lipinski definition) is 3. The molecule has 0 saturated carbocycles. The molecule has 1 amide bonds. The summed E-state index contributed by atoms with van der Waals surface area (Å²) < 4.78 is 5.20. The highest BCUT2D eigenvalue weighted by Crippen LogP contribution is 2.22. The van der Waals surface area contributed by atoms with Crippen LogP contribution in [0.25, 0.3) is 10.9 Å². The predicted octanol–water partition coefficient (Wildman–Crippen LogP) is 4.46. The first-order chi connectivity index (χ1) is 11.1. The second-order valence-electron chi connectivity index (χ2n) is 5.14. The molecule has 116 valence electrons. The van der Waals surface area contributed by atoms with Crippen LogP contribution in [0.4, 0.5) is 5.69 Å². The summed E-state index contributed by atoms with van der Waals surface area (Å²) in [4.78, 5) is 17.0. The quantitative estimate of drug-likeness (QED) is 0.773. The second kappa shape index (κ2) is 6.26. The molecule has 0 fully saturated rings. The van der Waals surface area contributed by atoms with Crippen LogP contribution >= 0.6 is 11.6 Å². The molecule has 0 radical (unpaired) electrons. The Labute approximate surface area is 139 Å². The fourth-order valence-electron chi connectivity index (χ4n) is 2.33. The number of aryl methyl sites for hydroxylation is 1. The molecular weight excluding hydrogens is 312 g/mol. The summed E-state index contributed by atoms with van der Waals surface area (Å²) in [6, 6.07) is 14.4. The van der Waals surface area contributed by atoms with Crippen molar-refractivity contribution in [3.63, 3.8) is 0 Å². The molecule has 0 aliphatic heterocycles. The van der Waals surface area contributed by atoms with Crippen LogP contribution in [0.1, 0.15) is 16.1 Å². The molecule has 0 saturated heterocycles. The third-order valence-corrected chi connectivity index (χ3v) is 3.81. The summed E-state index contributed by atoms with van der Waals surface area (Å²) in [6.45, 7) is 1.82. The molecule has 0 spiro atoms. The molecule has 4 nitrogen and oxygen atoms in total. The zero-order valence-corrected chi connectivity index (χ0v) is 13.5. The van der Waals surface area contributed by atoms with Crippen LogP contribution in [0.2, 0.25) is 5.02 Å². The average Bonchev–Trinajstić information content (AvgIpc) is 2.55. The fraction of sp³-hybridized carbons (Fsp3) is 0.111. The van der Waals surface area contributed by atoms with E-state index in [1.54, 1.807) is 31.4 Å². The van der Waals surface area contributed by atoms with Gasteiger partial charge < -0.3 is 10.1 Å². The SMILES string of the molecule is COc1ccc2cc(C(=O)Nc3ccc(Cl)cc3)c(C)nc2c1. The van der Waals surface area contributed by atoms with Crippen LogP contribution in [-0.2, 0) is 0 Å². The van der Waals surface area contributed by atoms with E-state index in [0.717, 1.165) is 16.7 Å². The van der Waals surface area contributed by atoms with Crippen molar-refractivity contribution in [2.75, 3.05) is 12.4 Å². The first-order valence-electron chi connectivity index (χ1n) is 7.09. The molecule has 0 aliphatic rings. The van der Waals surface area contributed by atoms with E-state index in [2.05, 4.69) is 10.3 Å². The topological polar surface area (TPSA) is 51.2 Å². The molecule has 1 heterocycles. The maximum atomic E-state index is 12.5. The van der Waals surface area contributed by atoms with E-state index >= 15 is 0 Å². The third kappa shape index (κ3) is 3.27. The van der Waals surface area contributed by atoms with E-state index in [-0.39, 0.29) is 5.91 Å². The van der Waals surface area contributed by atoms with Crippen molar-refractivity contribution in [2.24, 2.45) is 0 Å². The number of benzene rings is 2. The first-order valence-corrected chi connectivity index (χ1v) is 7.47. The molecule has 1 N–H and O–H groups in total. The van der Waals surface area contributed by atoms with Crippen LogP contribution < -0.4 is 10.1 Å². The zero-order valence-electron chi connectivity index (χ0n) is 12.8. The Morgan fingerprint density at radius 2 is 1.87 bits per heavy atom. The van der Waals surface area contributed by atoms with Gasteiger partial charge in [0.15, 0.2) is 0 Å². The van der Waals surface area contributed by atoms with E-state index in [0.29, 0.717) is 22.0 Å². The Bertz CT molecular complexity index is 876. The Morgan fingerprint density at radius 1 is 1.13 bits per heavy atom. The lowest BCUT2D eigenvalue weighted by Crippen LogP contribution is -2.14. The second-order valence-corrected chi connectivity index (χ2v) is 5.58. The van der Waals surface area contributed by atoms with Crippen molar-refractivity contribution >= 4 is 34.1 Å². The van der Waals surface area contributed by atoms with Gasteiger partial charge in [-0.3, -0.25) is 9.78 Å². The lowest BCUT2D eigenvalue weighted by molar-refractivity contribution is 0.102. The minimum absolute atomic E-state index is 0.199. The van der Waals surface area contributed by atoms with Gasteiger partial charge in [-0.1, -0.05) is 11.6 Å². The molecular formula is C18H15ClN2O2. The average molecular weight is 327 g/mol. The minimum Gasteiger partial charge on any atom is -0.497 e. The van der Waals surface area contributed by atoms with Gasteiger partial charge in [0.2, 0.25) is 0 Å². The third-order valence-electron chi connectivity index (χ3n) is 3.56. The monoisotopic (exact) mass is 326 g/mol. The van der Waals surface area contributed by atoms with Crippen LogP contribution in [0.5, 0.6) is 5.75 Å². The van der Waals surface area contributed by atoms with Gasteiger partial charge in [0.1, 0.15) is 5.75 Å². The smallest absolute Gasteiger partial charge is 0.257 e. The molecule has 23 heavy (non-hydrogen) atoms. The molecule has 0 bridgehead atoms. The Morgan fingerprint density at radius 3 is 2.57 bits per heavy atom. The van der Waals surface area contributed by atoms with Crippen molar-refractivity contribution in [3.05, 3.63) is 64.8 Å². The van der Waals surface area contributed by atoms with E-state index in [1.807, 2.05) is 31.2 Å². The number of fused-ring (bicyclic) bond motifs is 1. The first kappa shape index (κ1) is 15.3. The predicted molar refractivity (Wildman–Crippen MR) is 92.4 cm³/mol. The number of halogens is 1. The van der Waals surface area contributed by atoms with E-state index in [1.165, 1.54) is 0 Å². The fourth-order valence-corrected chi connectivity index (χ4v) is 2.46. The molecule has 0 unspecified atom stereocenters. The van der Waals surface area contributed by atoms with Crippen molar-refractivity contribution < 1.29 is 9.53 Å². The maximum Gasteiger partial charge on any atom is 0.257 e. The molecule has 0 atom stereocenters. The highest BCUT2D eigenvalue weighted by molar-refractivity contribution is 6.30. The highest BCUT2D eigenvalue weighted by atomic mass is 35.5. The van der Waals surface area contributed by atoms with Gasteiger partial charge >= 0.3 is 0 Å². The Hall–Kier alpha value is -2.59. The van der Waals surface area contributed by atoms with Gasteiger partial charge in [0.25, 0.3) is 5.91 Å². The maximum absolute atomic E-state index is 12.5. The normalized spacial score (nSPS) is 10.6. The number of pyridine rings is 1. The number of rotatable bonds is 3. The van der Waals surface area contributed by atoms with E-state index < -0.39 is 0 Å². The number of carbonyl (C=O) groups is 1. The number of nitrogens with one attached hydrogen (secondary N) is 1. The van der Waals surface area contributed by atoms with Crippen molar-refractivity contribution in [3.8, 4) is 5.75 Å². The zero-order chi connectivity index (χ0) is 16.4. The Balaban J connectivity index is 1.93. The molecule has 3 rings (SSSR count). The number of hydrogen-bond donors (Lipinski definition) is 1. The van der Waals surface area contributed by atoms with Gasteiger partial charge in [-0.25, -0.2) is 0 Å². The number of amides is 1. The summed E-state index contributed by atoms with van der Waals surface area (Å²) in [7, 11) is 1.61. The number of carbonyl (C=O) groups excluding carboxylic acids is 1. The largest absolute Gasteiger partial charge is 0.497 e. The number of aromatic nitrogens is 1. The molecule has 2 aromatic carbocycles. The van der Waals surface area contributed by atoms with Crippen molar-refractivity contribution in [2.45, 2.75) is 6.92 Å². The Kier molecular flexibility index (Phi) is 4.17. The highest BCUT2D eigenvalue weighted by Gasteiger charge is 2.12.